The maximum Gasteiger partial charge on any atom is 0.137 e. The van der Waals surface area contributed by atoms with Gasteiger partial charge in [0.25, 0.3) is 0 Å². The lowest BCUT2D eigenvalue weighted by Crippen LogP contribution is -2.02. The van der Waals surface area contributed by atoms with Gasteiger partial charge in [0.1, 0.15) is 17.7 Å². The van der Waals surface area contributed by atoms with E-state index >= 15 is 0 Å². The van der Waals surface area contributed by atoms with E-state index in [1.165, 1.54) is 18.2 Å². The highest BCUT2D eigenvalue weighted by Crippen LogP contribution is 2.28. The smallest absolute Gasteiger partial charge is 0.137 e. The second kappa shape index (κ2) is 5.39. The monoisotopic (exact) mass is 326 g/mol. The molecule has 0 amide bonds. The molecule has 19 heavy (non-hydrogen) atoms. The van der Waals surface area contributed by atoms with Crippen LogP contribution in [0.2, 0.25) is 0 Å². The number of benzene rings is 2. The Hall–Kier alpha value is -1.26. The lowest BCUT2D eigenvalue weighted by Gasteiger charge is -2.14. The molecule has 0 aliphatic rings. The van der Waals surface area contributed by atoms with Gasteiger partial charge in [0.2, 0.25) is 0 Å². The predicted octanol–water partition coefficient (Wildman–Crippen LogP) is 4.43. The second-order valence-corrected chi connectivity index (χ2v) is 5.40. The summed E-state index contributed by atoms with van der Waals surface area (Å²) in [5.74, 6) is -0.654. The van der Waals surface area contributed by atoms with Crippen LogP contribution in [0.1, 0.15) is 28.4 Å². The van der Waals surface area contributed by atoms with Crippen molar-refractivity contribution in [2.45, 2.75) is 20.0 Å². The lowest BCUT2D eigenvalue weighted by atomic mass is 9.97. The van der Waals surface area contributed by atoms with Crippen molar-refractivity contribution in [1.29, 1.82) is 0 Å². The van der Waals surface area contributed by atoms with E-state index in [0.717, 1.165) is 0 Å². The molecule has 0 bridgehead atoms. The predicted molar refractivity (Wildman–Crippen MR) is 74.0 cm³/mol. The summed E-state index contributed by atoms with van der Waals surface area (Å²) in [6.07, 6.45) is -0.908. The molecule has 2 aromatic carbocycles. The Morgan fingerprint density at radius 3 is 2.11 bits per heavy atom. The van der Waals surface area contributed by atoms with Crippen LogP contribution in [-0.2, 0) is 0 Å². The first kappa shape index (κ1) is 14.2. The molecule has 0 saturated heterocycles. The quantitative estimate of drug-likeness (QED) is 0.865. The lowest BCUT2D eigenvalue weighted by molar-refractivity contribution is 0.220. The van der Waals surface area contributed by atoms with Crippen molar-refractivity contribution in [3.63, 3.8) is 0 Å². The summed E-state index contributed by atoms with van der Waals surface area (Å²) >= 11 is 3.08. The fourth-order valence-electron chi connectivity index (χ4n) is 2.01. The summed E-state index contributed by atoms with van der Waals surface area (Å²) in [6.45, 7) is 3.30. The minimum atomic E-state index is -0.908. The third-order valence-electron chi connectivity index (χ3n) is 3.03. The number of aryl methyl sites for hydroxylation is 2. The molecular weight excluding hydrogens is 314 g/mol. The summed E-state index contributed by atoms with van der Waals surface area (Å²) < 4.78 is 27.0. The van der Waals surface area contributed by atoms with Crippen LogP contribution in [0.4, 0.5) is 8.78 Å². The Labute approximate surface area is 119 Å². The van der Waals surface area contributed by atoms with Crippen LogP contribution in [0.5, 0.6) is 0 Å². The molecule has 0 spiro atoms. The molecular formula is C15H13BrF2O. The van der Waals surface area contributed by atoms with Gasteiger partial charge in [-0.3, -0.25) is 0 Å². The first-order valence-electron chi connectivity index (χ1n) is 5.80. The summed E-state index contributed by atoms with van der Waals surface area (Å²) in [7, 11) is 0. The number of hydrogen-bond acceptors (Lipinski definition) is 1. The highest BCUT2D eigenvalue weighted by molar-refractivity contribution is 9.10. The molecule has 1 unspecified atom stereocenters. The topological polar surface area (TPSA) is 20.2 Å². The van der Waals surface area contributed by atoms with Gasteiger partial charge in [0.15, 0.2) is 0 Å². The minimum Gasteiger partial charge on any atom is -0.384 e. The van der Waals surface area contributed by atoms with Crippen molar-refractivity contribution < 1.29 is 13.9 Å². The van der Waals surface area contributed by atoms with E-state index in [2.05, 4.69) is 15.9 Å². The van der Waals surface area contributed by atoms with Crippen LogP contribution < -0.4 is 0 Å². The van der Waals surface area contributed by atoms with E-state index < -0.39 is 6.10 Å². The molecule has 2 rings (SSSR count). The van der Waals surface area contributed by atoms with Crippen LogP contribution in [-0.4, -0.2) is 5.11 Å². The third kappa shape index (κ3) is 2.85. The van der Waals surface area contributed by atoms with Crippen molar-refractivity contribution in [2.24, 2.45) is 0 Å². The van der Waals surface area contributed by atoms with Gasteiger partial charge in [-0.1, -0.05) is 18.2 Å². The highest BCUT2D eigenvalue weighted by Gasteiger charge is 2.15. The van der Waals surface area contributed by atoms with Crippen LogP contribution in [0.25, 0.3) is 0 Å². The largest absolute Gasteiger partial charge is 0.384 e. The van der Waals surface area contributed by atoms with Crippen molar-refractivity contribution in [3.8, 4) is 0 Å². The molecule has 0 fully saturated rings. The summed E-state index contributed by atoms with van der Waals surface area (Å²) in [5.41, 5.74) is 2.11. The van der Waals surface area contributed by atoms with Gasteiger partial charge < -0.3 is 5.11 Å². The van der Waals surface area contributed by atoms with E-state index in [-0.39, 0.29) is 11.6 Å². The SMILES string of the molecule is Cc1cc(C(O)c2ccc(F)c(Br)c2)cc(C)c1F. The van der Waals surface area contributed by atoms with Crippen molar-refractivity contribution in [3.05, 3.63) is 68.7 Å². The minimum absolute atomic E-state index is 0.267. The van der Waals surface area contributed by atoms with Gasteiger partial charge in [-0.05, 0) is 64.2 Å². The first-order chi connectivity index (χ1) is 8.90. The molecule has 0 aliphatic carbocycles. The number of hydrogen-bond donors (Lipinski definition) is 1. The molecule has 100 valence electrons. The molecule has 0 radical (unpaired) electrons. The summed E-state index contributed by atoms with van der Waals surface area (Å²) in [4.78, 5) is 0. The Balaban J connectivity index is 2.43. The van der Waals surface area contributed by atoms with Gasteiger partial charge in [0, 0.05) is 0 Å². The Morgan fingerprint density at radius 1 is 1.00 bits per heavy atom. The number of aliphatic hydroxyl groups excluding tert-OH is 1. The maximum atomic E-state index is 13.6. The Morgan fingerprint density at radius 2 is 1.58 bits per heavy atom. The second-order valence-electron chi connectivity index (χ2n) is 4.54. The van der Waals surface area contributed by atoms with E-state index in [4.69, 9.17) is 0 Å². The van der Waals surface area contributed by atoms with E-state index in [9.17, 15) is 13.9 Å². The van der Waals surface area contributed by atoms with Crippen LogP contribution in [0, 0.1) is 25.5 Å². The zero-order valence-corrected chi connectivity index (χ0v) is 12.1. The number of rotatable bonds is 2. The fourth-order valence-corrected chi connectivity index (χ4v) is 2.41. The van der Waals surface area contributed by atoms with Gasteiger partial charge in [-0.25, -0.2) is 8.78 Å². The van der Waals surface area contributed by atoms with Crippen molar-refractivity contribution in [2.75, 3.05) is 0 Å². The van der Waals surface area contributed by atoms with Gasteiger partial charge >= 0.3 is 0 Å². The molecule has 0 aliphatic heterocycles. The van der Waals surface area contributed by atoms with Crippen molar-refractivity contribution >= 4 is 15.9 Å². The van der Waals surface area contributed by atoms with Gasteiger partial charge in [-0.15, -0.1) is 0 Å². The maximum absolute atomic E-state index is 13.6. The van der Waals surface area contributed by atoms with E-state index in [1.54, 1.807) is 26.0 Å². The molecule has 0 aromatic heterocycles. The zero-order valence-electron chi connectivity index (χ0n) is 10.5. The average Bonchev–Trinajstić information content (AvgIpc) is 2.37. The standard InChI is InChI=1S/C15H13BrF2O/c1-8-5-11(6-9(2)14(8)18)15(19)10-3-4-13(17)12(16)7-10/h3-7,15,19H,1-2H3. The average molecular weight is 327 g/mol. The van der Waals surface area contributed by atoms with E-state index in [0.29, 0.717) is 26.7 Å². The molecule has 0 heterocycles. The molecule has 2 aromatic rings. The number of halogens is 3. The van der Waals surface area contributed by atoms with Crippen LogP contribution >= 0.6 is 15.9 Å². The third-order valence-corrected chi connectivity index (χ3v) is 3.64. The number of aliphatic hydroxyl groups is 1. The summed E-state index contributed by atoms with van der Waals surface area (Å²) in [6, 6.07) is 7.52. The Bertz CT molecular complexity index is 603. The molecule has 4 heteroatoms. The highest BCUT2D eigenvalue weighted by atomic mass is 79.9. The van der Waals surface area contributed by atoms with Gasteiger partial charge in [-0.2, -0.15) is 0 Å². The molecule has 1 nitrogen and oxygen atoms in total. The fraction of sp³-hybridized carbons (Fsp3) is 0.200. The van der Waals surface area contributed by atoms with E-state index in [1.807, 2.05) is 0 Å². The zero-order chi connectivity index (χ0) is 14.2. The Kier molecular flexibility index (Phi) is 4.02. The molecule has 1 N–H and O–H groups in total. The van der Waals surface area contributed by atoms with Crippen LogP contribution in [0.15, 0.2) is 34.8 Å². The first-order valence-corrected chi connectivity index (χ1v) is 6.59. The molecule has 0 saturated carbocycles. The normalized spacial score (nSPS) is 12.5. The van der Waals surface area contributed by atoms with Crippen LogP contribution in [0.3, 0.4) is 0 Å². The summed E-state index contributed by atoms with van der Waals surface area (Å²) in [5, 5.41) is 10.3. The molecule has 1 atom stereocenters. The van der Waals surface area contributed by atoms with Gasteiger partial charge in [0.05, 0.1) is 4.47 Å². The van der Waals surface area contributed by atoms with Crippen molar-refractivity contribution in [1.82, 2.24) is 0 Å².